The molecule has 72 valence electrons. The van der Waals surface area contributed by atoms with Gasteiger partial charge in [0.1, 0.15) is 0 Å². The Labute approximate surface area is 72.9 Å². The van der Waals surface area contributed by atoms with E-state index in [-0.39, 0.29) is 0 Å². The summed E-state index contributed by atoms with van der Waals surface area (Å²) in [6, 6.07) is 12.0. The Morgan fingerprint density at radius 2 is 1.23 bits per heavy atom. The minimum absolute atomic E-state index is 0.667. The van der Waals surface area contributed by atoms with Crippen LogP contribution in [-0.2, 0) is 9.53 Å². The van der Waals surface area contributed by atoms with Crippen molar-refractivity contribution in [2.45, 2.75) is 6.36 Å². The summed E-state index contributed by atoms with van der Waals surface area (Å²) in [7, 11) is 0. The highest BCUT2D eigenvalue weighted by Crippen LogP contribution is 2.13. The van der Waals surface area contributed by atoms with Gasteiger partial charge in [0.25, 0.3) is 6.47 Å². The molecule has 1 rings (SSSR count). The summed E-state index contributed by atoms with van der Waals surface area (Å²) in [5.74, 6) is 0. The van der Waals surface area contributed by atoms with Gasteiger partial charge >= 0.3 is 6.36 Å². The van der Waals surface area contributed by atoms with E-state index < -0.39 is 12.8 Å². The molecule has 0 aliphatic carbocycles. The van der Waals surface area contributed by atoms with E-state index in [0.717, 1.165) is 0 Å². The van der Waals surface area contributed by atoms with Crippen molar-refractivity contribution in [3.8, 4) is 0 Å². The van der Waals surface area contributed by atoms with Crippen molar-refractivity contribution in [1.82, 2.24) is 0 Å². The van der Waals surface area contributed by atoms with E-state index in [9.17, 15) is 13.2 Å². The van der Waals surface area contributed by atoms with Gasteiger partial charge in [-0.25, -0.2) is 0 Å². The number of carbonyl (C=O) groups is 1. The molecule has 1 aromatic rings. The fraction of sp³-hybridized carbons (Fsp3) is 0.125. The van der Waals surface area contributed by atoms with Gasteiger partial charge in [0, 0.05) is 0 Å². The summed E-state index contributed by atoms with van der Waals surface area (Å²) in [6.45, 7) is -0.667. The Balaban J connectivity index is 0.000000223. The van der Waals surface area contributed by atoms with Crippen LogP contribution in [-0.4, -0.2) is 12.8 Å². The summed E-state index contributed by atoms with van der Waals surface area (Å²) in [5, 5.41) is 0. The SMILES string of the molecule is O=COC(F)(F)F.c1ccccc1. The first-order chi connectivity index (χ1) is 6.06. The van der Waals surface area contributed by atoms with Gasteiger partial charge < -0.3 is 4.74 Å². The van der Waals surface area contributed by atoms with Crippen LogP contribution < -0.4 is 0 Å². The topological polar surface area (TPSA) is 26.3 Å². The average molecular weight is 192 g/mol. The summed E-state index contributed by atoms with van der Waals surface area (Å²) in [4.78, 5) is 8.88. The van der Waals surface area contributed by atoms with Crippen molar-refractivity contribution in [2.24, 2.45) is 0 Å². The number of benzene rings is 1. The normalized spacial score (nSPS) is 9.46. The second-order valence-electron chi connectivity index (χ2n) is 1.81. The highest BCUT2D eigenvalue weighted by molar-refractivity contribution is 5.37. The molecule has 0 heterocycles. The molecule has 0 amide bonds. The molecule has 2 nitrogen and oxygen atoms in total. The maximum atomic E-state index is 10.6. The van der Waals surface area contributed by atoms with Crippen LogP contribution in [0.5, 0.6) is 0 Å². The Morgan fingerprint density at radius 3 is 1.31 bits per heavy atom. The zero-order valence-corrected chi connectivity index (χ0v) is 6.49. The molecule has 13 heavy (non-hydrogen) atoms. The third-order valence-electron chi connectivity index (χ3n) is 0.848. The van der Waals surface area contributed by atoms with E-state index >= 15 is 0 Å². The summed E-state index contributed by atoms with van der Waals surface area (Å²) in [5.41, 5.74) is 0. The fourth-order valence-electron chi connectivity index (χ4n) is 0.439. The highest BCUT2D eigenvalue weighted by Gasteiger charge is 2.29. The van der Waals surface area contributed by atoms with Crippen molar-refractivity contribution in [2.75, 3.05) is 0 Å². The smallest absolute Gasteiger partial charge is 0.375 e. The molecule has 0 spiro atoms. The van der Waals surface area contributed by atoms with Gasteiger partial charge in [-0.3, -0.25) is 4.79 Å². The molecule has 0 bridgehead atoms. The van der Waals surface area contributed by atoms with Crippen molar-refractivity contribution >= 4 is 6.47 Å². The summed E-state index contributed by atoms with van der Waals surface area (Å²) in [6.07, 6.45) is -4.82. The molecular weight excluding hydrogens is 185 g/mol. The predicted octanol–water partition coefficient (Wildman–Crippen LogP) is 2.37. The molecule has 0 saturated carbocycles. The molecule has 0 unspecified atom stereocenters. The quantitative estimate of drug-likeness (QED) is 0.638. The largest absolute Gasteiger partial charge is 0.575 e. The molecule has 0 radical (unpaired) electrons. The van der Waals surface area contributed by atoms with Crippen LogP contribution in [0, 0.1) is 0 Å². The van der Waals surface area contributed by atoms with Gasteiger partial charge in [-0.15, -0.1) is 13.2 Å². The van der Waals surface area contributed by atoms with Crippen LogP contribution in [0.25, 0.3) is 0 Å². The Hall–Kier alpha value is -1.52. The van der Waals surface area contributed by atoms with E-state index in [1.165, 1.54) is 0 Å². The van der Waals surface area contributed by atoms with Gasteiger partial charge in [-0.1, -0.05) is 36.4 Å². The minimum atomic E-state index is -4.82. The minimum Gasteiger partial charge on any atom is -0.375 e. The van der Waals surface area contributed by atoms with Crippen molar-refractivity contribution in [1.29, 1.82) is 0 Å². The highest BCUT2D eigenvalue weighted by atomic mass is 19.4. The molecule has 5 heteroatoms. The number of carbonyl (C=O) groups excluding carboxylic acids is 1. The molecule has 0 atom stereocenters. The number of hydrogen-bond donors (Lipinski definition) is 0. The maximum Gasteiger partial charge on any atom is 0.575 e. The predicted molar refractivity (Wildman–Crippen MR) is 39.6 cm³/mol. The van der Waals surface area contributed by atoms with E-state index in [1.807, 2.05) is 36.4 Å². The van der Waals surface area contributed by atoms with Crippen LogP contribution in [0.15, 0.2) is 36.4 Å². The molecular formula is C8H7F3O2. The molecule has 0 fully saturated rings. The molecule has 1 aromatic carbocycles. The number of halogens is 3. The fourth-order valence-corrected chi connectivity index (χ4v) is 0.439. The van der Waals surface area contributed by atoms with Crippen molar-refractivity contribution < 1.29 is 22.7 Å². The summed E-state index contributed by atoms with van der Waals surface area (Å²) >= 11 is 0. The molecule has 0 N–H and O–H groups in total. The van der Waals surface area contributed by atoms with E-state index in [2.05, 4.69) is 4.74 Å². The maximum absolute atomic E-state index is 10.6. The Bertz CT molecular complexity index is 194. The van der Waals surface area contributed by atoms with E-state index in [1.54, 1.807) is 0 Å². The van der Waals surface area contributed by atoms with Gasteiger partial charge in [0.05, 0.1) is 0 Å². The van der Waals surface area contributed by atoms with Gasteiger partial charge in [-0.2, -0.15) is 0 Å². The lowest BCUT2D eigenvalue weighted by atomic mass is 10.4. The van der Waals surface area contributed by atoms with Crippen molar-refractivity contribution in [3.05, 3.63) is 36.4 Å². The monoisotopic (exact) mass is 192 g/mol. The third kappa shape index (κ3) is 10.5. The van der Waals surface area contributed by atoms with E-state index in [0.29, 0.717) is 0 Å². The molecule has 0 aromatic heterocycles. The number of alkyl halides is 3. The second kappa shape index (κ2) is 6.05. The zero-order valence-electron chi connectivity index (χ0n) is 6.49. The lowest BCUT2D eigenvalue weighted by Crippen LogP contribution is -2.10. The van der Waals surface area contributed by atoms with Crippen LogP contribution in [0.1, 0.15) is 0 Å². The van der Waals surface area contributed by atoms with Gasteiger partial charge in [-0.05, 0) is 0 Å². The Kier molecular flexibility index (Phi) is 5.34. The van der Waals surface area contributed by atoms with Crippen LogP contribution in [0.2, 0.25) is 0 Å². The van der Waals surface area contributed by atoms with Crippen molar-refractivity contribution in [3.63, 3.8) is 0 Å². The molecule has 0 aliphatic heterocycles. The Morgan fingerprint density at radius 1 is 0.923 bits per heavy atom. The summed E-state index contributed by atoms with van der Waals surface area (Å²) < 4.78 is 34.4. The first-order valence-electron chi connectivity index (χ1n) is 3.24. The first kappa shape index (κ1) is 11.5. The zero-order chi connectivity index (χ0) is 10.2. The lowest BCUT2D eigenvalue weighted by molar-refractivity contribution is -0.298. The molecule has 0 saturated heterocycles. The lowest BCUT2D eigenvalue weighted by Gasteiger charge is -1.97. The number of rotatable bonds is 1. The van der Waals surface area contributed by atoms with Gasteiger partial charge in [0.2, 0.25) is 0 Å². The van der Waals surface area contributed by atoms with Crippen LogP contribution in [0.3, 0.4) is 0 Å². The van der Waals surface area contributed by atoms with E-state index in [4.69, 9.17) is 4.79 Å². The van der Waals surface area contributed by atoms with Gasteiger partial charge in [0.15, 0.2) is 0 Å². The number of ether oxygens (including phenoxy) is 1. The third-order valence-corrected chi connectivity index (χ3v) is 0.848. The van der Waals surface area contributed by atoms with Crippen LogP contribution >= 0.6 is 0 Å². The standard InChI is InChI=1S/C6H6.C2HF3O2/c1-2-4-6-5-3-1;3-2(4,5)7-1-6/h1-6H;1H. The molecule has 0 aliphatic rings. The average Bonchev–Trinajstić information content (AvgIpc) is 2.06. The first-order valence-corrected chi connectivity index (χ1v) is 3.24. The second-order valence-corrected chi connectivity index (χ2v) is 1.81. The number of hydrogen-bond acceptors (Lipinski definition) is 2. The van der Waals surface area contributed by atoms with Crippen LogP contribution in [0.4, 0.5) is 13.2 Å².